The number of ether oxygens (including phenoxy) is 1. The fourth-order valence-corrected chi connectivity index (χ4v) is 2.73. The van der Waals surface area contributed by atoms with Gasteiger partial charge in [0.25, 0.3) is 11.2 Å². The molecule has 0 bridgehead atoms. The maximum atomic E-state index is 12.2. The highest BCUT2D eigenvalue weighted by Gasteiger charge is 2.14. The summed E-state index contributed by atoms with van der Waals surface area (Å²) in [5, 5.41) is 13.8. The Morgan fingerprint density at radius 3 is 2.77 bits per heavy atom. The second-order valence-corrected chi connectivity index (χ2v) is 6.57. The highest BCUT2D eigenvalue weighted by molar-refractivity contribution is 7.99. The van der Waals surface area contributed by atoms with Gasteiger partial charge in [-0.15, -0.1) is 0 Å². The summed E-state index contributed by atoms with van der Waals surface area (Å²) < 4.78 is 5.10. The molecular weight excluding hydrogens is 360 g/mol. The van der Waals surface area contributed by atoms with Gasteiger partial charge >= 0.3 is 0 Å². The predicted octanol–water partition coefficient (Wildman–Crippen LogP) is 2.54. The summed E-state index contributed by atoms with van der Waals surface area (Å²) in [4.78, 5) is 41.0. The number of nitro benzene ring substituents is 1. The Morgan fingerprint density at radius 1 is 1.42 bits per heavy atom. The van der Waals surface area contributed by atoms with Crippen molar-refractivity contribution in [1.82, 2.24) is 9.97 Å². The van der Waals surface area contributed by atoms with Gasteiger partial charge in [-0.05, 0) is 12.0 Å². The summed E-state index contributed by atoms with van der Waals surface area (Å²) in [6, 6.07) is 5.34. The summed E-state index contributed by atoms with van der Waals surface area (Å²) in [5.41, 5.74) is 0.387. The molecule has 10 heteroatoms. The summed E-state index contributed by atoms with van der Waals surface area (Å²) >= 11 is 1.06. The molecule has 0 radical (unpaired) electrons. The highest BCUT2D eigenvalue weighted by atomic mass is 32.2. The van der Waals surface area contributed by atoms with E-state index in [4.69, 9.17) is 4.74 Å². The first-order valence-electron chi connectivity index (χ1n) is 7.66. The first kappa shape index (κ1) is 19.4. The van der Waals surface area contributed by atoms with Crippen LogP contribution in [0.2, 0.25) is 0 Å². The van der Waals surface area contributed by atoms with E-state index in [-0.39, 0.29) is 28.6 Å². The number of H-pyrrole nitrogens is 1. The molecule has 1 aromatic carbocycles. The summed E-state index contributed by atoms with van der Waals surface area (Å²) in [6.07, 6.45) is 0. The van der Waals surface area contributed by atoms with Crippen molar-refractivity contribution >= 4 is 29.0 Å². The van der Waals surface area contributed by atoms with Crippen molar-refractivity contribution in [3.8, 4) is 5.75 Å². The van der Waals surface area contributed by atoms with Gasteiger partial charge in [0.2, 0.25) is 5.91 Å². The molecule has 0 aliphatic heterocycles. The third-order valence-electron chi connectivity index (χ3n) is 3.34. The minimum atomic E-state index is -0.560. The second-order valence-electron chi connectivity index (χ2n) is 5.61. The number of carbonyl (C=O) groups is 1. The van der Waals surface area contributed by atoms with Crippen LogP contribution in [-0.2, 0) is 4.79 Å². The average molecular weight is 378 g/mol. The topological polar surface area (TPSA) is 127 Å². The summed E-state index contributed by atoms with van der Waals surface area (Å²) in [7, 11) is 1.40. The molecule has 0 aliphatic rings. The first-order chi connectivity index (χ1) is 12.3. The number of amides is 1. The van der Waals surface area contributed by atoms with Gasteiger partial charge in [0.05, 0.1) is 29.2 Å². The fraction of sp³-hybridized carbons (Fsp3) is 0.312. The Kier molecular flexibility index (Phi) is 6.34. The maximum Gasteiger partial charge on any atom is 0.271 e. The van der Waals surface area contributed by atoms with E-state index < -0.39 is 10.8 Å². The maximum absolute atomic E-state index is 12.2. The molecule has 26 heavy (non-hydrogen) atoms. The van der Waals surface area contributed by atoms with Gasteiger partial charge in [0.15, 0.2) is 5.16 Å². The number of nitrogens with one attached hydrogen (secondary N) is 2. The molecule has 0 atom stereocenters. The first-order valence-corrected chi connectivity index (χ1v) is 8.65. The lowest BCUT2D eigenvalue weighted by Gasteiger charge is -2.10. The average Bonchev–Trinajstić information content (AvgIpc) is 2.59. The van der Waals surface area contributed by atoms with Crippen molar-refractivity contribution in [1.29, 1.82) is 0 Å². The number of thioether (sulfide) groups is 1. The standard InChI is InChI=1S/C16H18N4O5S/c1-9(2)11-7-14(21)19-16(18-11)26-8-15(22)17-12-6-10(20(23)24)4-5-13(12)25-3/h4-7,9H,8H2,1-3H3,(H,17,22)(H,18,19,21). The van der Waals surface area contributed by atoms with Gasteiger partial charge in [-0.25, -0.2) is 4.98 Å². The number of aromatic nitrogens is 2. The summed E-state index contributed by atoms with van der Waals surface area (Å²) in [6.45, 7) is 3.83. The molecule has 2 N–H and O–H groups in total. The number of benzene rings is 1. The van der Waals surface area contributed by atoms with Crippen LogP contribution in [0.1, 0.15) is 25.5 Å². The van der Waals surface area contributed by atoms with E-state index in [0.717, 1.165) is 11.8 Å². The lowest BCUT2D eigenvalue weighted by atomic mass is 10.1. The van der Waals surface area contributed by atoms with Gasteiger partial charge in [0.1, 0.15) is 5.75 Å². The molecule has 2 rings (SSSR count). The van der Waals surface area contributed by atoms with Crippen LogP contribution in [0.4, 0.5) is 11.4 Å². The molecular formula is C16H18N4O5S. The van der Waals surface area contributed by atoms with E-state index in [2.05, 4.69) is 15.3 Å². The Hall–Kier alpha value is -2.88. The lowest BCUT2D eigenvalue weighted by molar-refractivity contribution is -0.384. The number of methoxy groups -OCH3 is 1. The van der Waals surface area contributed by atoms with Gasteiger partial charge in [-0.1, -0.05) is 25.6 Å². The number of nitro groups is 1. The number of nitrogens with zero attached hydrogens (tertiary/aromatic N) is 2. The number of hydrogen-bond acceptors (Lipinski definition) is 7. The molecule has 1 aromatic heterocycles. The van der Waals surface area contributed by atoms with Crippen molar-refractivity contribution in [2.24, 2.45) is 0 Å². The Morgan fingerprint density at radius 2 is 2.15 bits per heavy atom. The Labute approximate surface area is 153 Å². The van der Waals surface area contributed by atoms with E-state index >= 15 is 0 Å². The van der Waals surface area contributed by atoms with Crippen molar-refractivity contribution in [2.45, 2.75) is 24.9 Å². The van der Waals surface area contributed by atoms with Crippen LogP contribution in [-0.4, -0.2) is 33.7 Å². The van der Waals surface area contributed by atoms with Crippen LogP contribution in [0, 0.1) is 10.1 Å². The molecule has 1 heterocycles. The Balaban J connectivity index is 2.09. The number of hydrogen-bond donors (Lipinski definition) is 2. The zero-order valence-corrected chi connectivity index (χ0v) is 15.3. The quantitative estimate of drug-likeness (QED) is 0.328. The van der Waals surface area contributed by atoms with E-state index in [1.807, 2.05) is 13.8 Å². The van der Waals surface area contributed by atoms with Crippen molar-refractivity contribution in [2.75, 3.05) is 18.2 Å². The number of anilines is 1. The zero-order valence-electron chi connectivity index (χ0n) is 14.4. The van der Waals surface area contributed by atoms with Crippen LogP contribution in [0.3, 0.4) is 0 Å². The third kappa shape index (κ3) is 5.06. The van der Waals surface area contributed by atoms with E-state index in [0.29, 0.717) is 16.6 Å². The van der Waals surface area contributed by atoms with Gasteiger partial charge < -0.3 is 15.0 Å². The monoisotopic (exact) mass is 378 g/mol. The highest BCUT2D eigenvalue weighted by Crippen LogP contribution is 2.29. The minimum Gasteiger partial charge on any atom is -0.495 e. The molecule has 2 aromatic rings. The number of aromatic amines is 1. The molecule has 0 saturated heterocycles. The molecule has 0 aliphatic carbocycles. The van der Waals surface area contributed by atoms with Gasteiger partial charge in [0, 0.05) is 18.2 Å². The van der Waals surface area contributed by atoms with Crippen LogP contribution in [0.5, 0.6) is 5.75 Å². The zero-order chi connectivity index (χ0) is 19.3. The SMILES string of the molecule is COc1ccc([N+](=O)[O-])cc1NC(=O)CSc1nc(C(C)C)cc(=O)[nH]1. The van der Waals surface area contributed by atoms with Crippen LogP contribution >= 0.6 is 11.8 Å². The predicted molar refractivity (Wildman–Crippen MR) is 97.9 cm³/mol. The Bertz CT molecular complexity index is 881. The van der Waals surface area contributed by atoms with Crippen molar-refractivity contribution in [3.05, 3.63) is 50.4 Å². The molecule has 0 spiro atoms. The number of carbonyl (C=O) groups excluding carboxylic acids is 1. The van der Waals surface area contributed by atoms with Crippen molar-refractivity contribution < 1.29 is 14.5 Å². The van der Waals surface area contributed by atoms with Gasteiger partial charge in [-0.2, -0.15) is 0 Å². The van der Waals surface area contributed by atoms with Crippen LogP contribution < -0.4 is 15.6 Å². The molecule has 1 amide bonds. The number of non-ortho nitro benzene ring substituents is 1. The van der Waals surface area contributed by atoms with E-state index in [1.54, 1.807) is 0 Å². The molecule has 0 fully saturated rings. The van der Waals surface area contributed by atoms with E-state index in [1.165, 1.54) is 31.4 Å². The van der Waals surface area contributed by atoms with Crippen LogP contribution in [0.15, 0.2) is 34.2 Å². The van der Waals surface area contributed by atoms with Crippen molar-refractivity contribution in [3.63, 3.8) is 0 Å². The summed E-state index contributed by atoms with van der Waals surface area (Å²) in [5.74, 6) is -0.0515. The normalized spacial score (nSPS) is 10.6. The molecule has 9 nitrogen and oxygen atoms in total. The lowest BCUT2D eigenvalue weighted by Crippen LogP contribution is -2.16. The largest absolute Gasteiger partial charge is 0.495 e. The smallest absolute Gasteiger partial charge is 0.271 e. The molecule has 0 saturated carbocycles. The number of rotatable bonds is 7. The van der Waals surface area contributed by atoms with Crippen LogP contribution in [0.25, 0.3) is 0 Å². The molecule has 0 unspecified atom stereocenters. The van der Waals surface area contributed by atoms with Gasteiger partial charge in [-0.3, -0.25) is 19.7 Å². The third-order valence-corrected chi connectivity index (χ3v) is 4.21. The second kappa shape index (κ2) is 8.48. The fourth-order valence-electron chi connectivity index (χ4n) is 2.04. The minimum absolute atomic E-state index is 0.0314. The van der Waals surface area contributed by atoms with E-state index in [9.17, 15) is 19.7 Å². The molecule has 138 valence electrons.